The minimum absolute atomic E-state index is 0.146. The fraction of sp³-hybridized carbons (Fsp3) is 0.417. The van der Waals surface area contributed by atoms with Crippen molar-refractivity contribution in [1.29, 1.82) is 0 Å². The number of hydrogen-bond acceptors (Lipinski definition) is 1. The number of alkyl halides is 1. The molecular weight excluding hydrogens is 193 g/mol. The smallest absolute Gasteiger partial charge is 0.224 e. The summed E-state index contributed by atoms with van der Waals surface area (Å²) in [5.74, 6) is -0.146. The highest BCUT2D eigenvalue weighted by molar-refractivity contribution is 5.90. The number of carbonyl (C=O) groups is 1. The molecule has 15 heavy (non-hydrogen) atoms. The van der Waals surface area contributed by atoms with Crippen molar-refractivity contribution >= 4 is 11.6 Å². The van der Waals surface area contributed by atoms with E-state index in [1.54, 1.807) is 12.1 Å². The number of rotatable bonds is 4. The van der Waals surface area contributed by atoms with E-state index in [1.165, 1.54) is 13.8 Å². The normalized spacial score (nSPS) is 11.1. The summed E-state index contributed by atoms with van der Waals surface area (Å²) in [6.07, 6.45) is 0.448. The maximum atomic E-state index is 13.1. The first-order valence-electron chi connectivity index (χ1n) is 5.01. The lowest BCUT2D eigenvalue weighted by Gasteiger charge is -2.13. The van der Waals surface area contributed by atoms with E-state index < -0.39 is 5.67 Å². The van der Waals surface area contributed by atoms with Crippen LogP contribution >= 0.6 is 0 Å². The SMILES string of the molecule is CC(C)(F)CCC(=O)Nc1ccccc1. The Labute approximate surface area is 89.5 Å². The van der Waals surface area contributed by atoms with Gasteiger partial charge >= 0.3 is 0 Å². The predicted molar refractivity (Wildman–Crippen MR) is 59.5 cm³/mol. The molecule has 0 atom stereocenters. The van der Waals surface area contributed by atoms with Gasteiger partial charge in [-0.2, -0.15) is 0 Å². The van der Waals surface area contributed by atoms with E-state index in [9.17, 15) is 9.18 Å². The molecule has 3 heteroatoms. The molecule has 0 aliphatic heterocycles. The van der Waals surface area contributed by atoms with Crippen LogP contribution in [-0.4, -0.2) is 11.6 Å². The number of para-hydroxylation sites is 1. The summed E-state index contributed by atoms with van der Waals surface area (Å²) in [6, 6.07) is 9.17. The Morgan fingerprint density at radius 3 is 2.47 bits per heavy atom. The van der Waals surface area contributed by atoms with Crippen LogP contribution in [0.1, 0.15) is 26.7 Å². The Balaban J connectivity index is 2.38. The number of nitrogens with one attached hydrogen (secondary N) is 1. The fourth-order valence-electron chi connectivity index (χ4n) is 1.16. The van der Waals surface area contributed by atoms with Crippen molar-refractivity contribution in [3.05, 3.63) is 30.3 Å². The first kappa shape index (κ1) is 11.7. The zero-order valence-corrected chi connectivity index (χ0v) is 9.09. The average Bonchev–Trinajstić information content (AvgIpc) is 2.15. The predicted octanol–water partition coefficient (Wildman–Crippen LogP) is 3.15. The molecule has 82 valence electrons. The van der Waals surface area contributed by atoms with Crippen LogP contribution in [-0.2, 0) is 4.79 Å². The standard InChI is InChI=1S/C12H16FNO/c1-12(2,13)9-8-11(15)14-10-6-4-3-5-7-10/h3-7H,8-9H2,1-2H3,(H,14,15). The number of halogens is 1. The minimum atomic E-state index is -1.28. The van der Waals surface area contributed by atoms with Crippen molar-refractivity contribution in [3.8, 4) is 0 Å². The molecule has 1 amide bonds. The van der Waals surface area contributed by atoms with Gasteiger partial charge in [0.05, 0.1) is 0 Å². The highest BCUT2D eigenvalue weighted by Gasteiger charge is 2.17. The third-order valence-corrected chi connectivity index (χ3v) is 2.00. The summed E-state index contributed by atoms with van der Waals surface area (Å²) in [5, 5.41) is 2.71. The van der Waals surface area contributed by atoms with Crippen LogP contribution in [0, 0.1) is 0 Å². The molecule has 1 rings (SSSR count). The molecular formula is C12H16FNO. The molecule has 1 aromatic carbocycles. The largest absolute Gasteiger partial charge is 0.326 e. The number of anilines is 1. The Kier molecular flexibility index (Phi) is 3.83. The molecule has 0 saturated carbocycles. The van der Waals surface area contributed by atoms with E-state index in [4.69, 9.17) is 0 Å². The van der Waals surface area contributed by atoms with Crippen molar-refractivity contribution < 1.29 is 9.18 Å². The number of benzene rings is 1. The molecule has 0 aliphatic carbocycles. The van der Waals surface area contributed by atoms with Crippen molar-refractivity contribution in [2.24, 2.45) is 0 Å². The van der Waals surface area contributed by atoms with E-state index in [-0.39, 0.29) is 18.7 Å². The first-order valence-corrected chi connectivity index (χ1v) is 5.01. The maximum absolute atomic E-state index is 13.1. The lowest BCUT2D eigenvalue weighted by molar-refractivity contribution is -0.116. The number of carbonyl (C=O) groups excluding carboxylic acids is 1. The molecule has 0 radical (unpaired) electrons. The van der Waals surface area contributed by atoms with Crippen LogP contribution in [0.4, 0.5) is 10.1 Å². The van der Waals surface area contributed by atoms with Crippen LogP contribution < -0.4 is 5.32 Å². The molecule has 0 unspecified atom stereocenters. The first-order chi connectivity index (χ1) is 6.97. The monoisotopic (exact) mass is 209 g/mol. The number of hydrogen-bond donors (Lipinski definition) is 1. The molecule has 0 spiro atoms. The second-order valence-corrected chi connectivity index (χ2v) is 4.13. The zero-order valence-electron chi connectivity index (χ0n) is 9.09. The third kappa shape index (κ3) is 5.15. The molecule has 0 aliphatic rings. The summed E-state index contributed by atoms with van der Waals surface area (Å²) in [4.78, 5) is 11.4. The summed E-state index contributed by atoms with van der Waals surface area (Å²) in [5.41, 5.74) is -0.534. The lowest BCUT2D eigenvalue weighted by Crippen LogP contribution is -2.18. The van der Waals surface area contributed by atoms with Gasteiger partial charge in [-0.05, 0) is 32.4 Å². The topological polar surface area (TPSA) is 29.1 Å². The van der Waals surface area contributed by atoms with Gasteiger partial charge in [-0.1, -0.05) is 18.2 Å². The minimum Gasteiger partial charge on any atom is -0.326 e. The Bertz CT molecular complexity index is 316. The fourth-order valence-corrected chi connectivity index (χ4v) is 1.16. The number of amides is 1. The summed E-state index contributed by atoms with van der Waals surface area (Å²) < 4.78 is 13.1. The highest BCUT2D eigenvalue weighted by atomic mass is 19.1. The van der Waals surface area contributed by atoms with E-state index in [2.05, 4.69) is 5.32 Å². The van der Waals surface area contributed by atoms with Crippen LogP contribution in [0.3, 0.4) is 0 Å². The molecule has 0 aromatic heterocycles. The van der Waals surface area contributed by atoms with Crippen LogP contribution in [0.15, 0.2) is 30.3 Å². The van der Waals surface area contributed by atoms with Crippen molar-refractivity contribution in [1.82, 2.24) is 0 Å². The maximum Gasteiger partial charge on any atom is 0.224 e. The van der Waals surface area contributed by atoms with Gasteiger partial charge < -0.3 is 5.32 Å². The quantitative estimate of drug-likeness (QED) is 0.810. The van der Waals surface area contributed by atoms with Gasteiger partial charge in [0.25, 0.3) is 0 Å². The molecule has 0 saturated heterocycles. The highest BCUT2D eigenvalue weighted by Crippen LogP contribution is 2.16. The molecule has 1 N–H and O–H groups in total. The molecule has 0 bridgehead atoms. The third-order valence-electron chi connectivity index (χ3n) is 2.00. The second-order valence-electron chi connectivity index (χ2n) is 4.13. The Morgan fingerprint density at radius 1 is 1.33 bits per heavy atom. The van der Waals surface area contributed by atoms with Crippen LogP contribution in [0.2, 0.25) is 0 Å². The van der Waals surface area contributed by atoms with Gasteiger partial charge in [0.1, 0.15) is 5.67 Å². The van der Waals surface area contributed by atoms with Gasteiger partial charge in [-0.3, -0.25) is 4.79 Å². The van der Waals surface area contributed by atoms with Gasteiger partial charge in [-0.15, -0.1) is 0 Å². The molecule has 0 fully saturated rings. The van der Waals surface area contributed by atoms with E-state index in [0.717, 1.165) is 5.69 Å². The Hall–Kier alpha value is -1.38. The van der Waals surface area contributed by atoms with Crippen LogP contribution in [0.25, 0.3) is 0 Å². The molecule has 2 nitrogen and oxygen atoms in total. The summed E-state index contributed by atoms with van der Waals surface area (Å²) in [6.45, 7) is 2.95. The van der Waals surface area contributed by atoms with Crippen molar-refractivity contribution in [3.63, 3.8) is 0 Å². The second kappa shape index (κ2) is 4.91. The lowest BCUT2D eigenvalue weighted by atomic mass is 10.0. The Morgan fingerprint density at radius 2 is 1.93 bits per heavy atom. The van der Waals surface area contributed by atoms with E-state index in [0.29, 0.717) is 0 Å². The van der Waals surface area contributed by atoms with E-state index in [1.807, 2.05) is 18.2 Å². The zero-order chi connectivity index (χ0) is 11.3. The van der Waals surface area contributed by atoms with Gasteiger partial charge in [0.2, 0.25) is 5.91 Å². The van der Waals surface area contributed by atoms with Gasteiger partial charge in [-0.25, -0.2) is 4.39 Å². The van der Waals surface area contributed by atoms with Crippen molar-refractivity contribution in [2.75, 3.05) is 5.32 Å². The average molecular weight is 209 g/mol. The molecule has 0 heterocycles. The van der Waals surface area contributed by atoms with E-state index >= 15 is 0 Å². The molecule has 1 aromatic rings. The van der Waals surface area contributed by atoms with Crippen molar-refractivity contribution in [2.45, 2.75) is 32.4 Å². The van der Waals surface area contributed by atoms with Gasteiger partial charge in [0, 0.05) is 12.1 Å². The summed E-state index contributed by atoms with van der Waals surface area (Å²) in [7, 11) is 0. The van der Waals surface area contributed by atoms with Crippen LogP contribution in [0.5, 0.6) is 0 Å². The van der Waals surface area contributed by atoms with Gasteiger partial charge in [0.15, 0.2) is 0 Å². The summed E-state index contributed by atoms with van der Waals surface area (Å²) >= 11 is 0.